The Hall–Kier alpha value is -1.02. The van der Waals surface area contributed by atoms with Crippen LogP contribution in [0.3, 0.4) is 0 Å². The number of halogens is 1. The van der Waals surface area contributed by atoms with Crippen molar-refractivity contribution in [3.8, 4) is 0 Å². The topological polar surface area (TPSA) is 42.9 Å². The zero-order chi connectivity index (χ0) is 17.2. The highest BCUT2D eigenvalue weighted by Crippen LogP contribution is 2.19. The molecule has 1 saturated heterocycles. The van der Waals surface area contributed by atoms with Crippen molar-refractivity contribution in [2.75, 3.05) is 51.2 Å². The van der Waals surface area contributed by atoms with Gasteiger partial charge in [-0.15, -0.1) is 24.0 Å². The van der Waals surface area contributed by atoms with Crippen molar-refractivity contribution in [2.45, 2.75) is 32.7 Å². The van der Waals surface area contributed by atoms with Gasteiger partial charge in [-0.25, -0.2) is 0 Å². The van der Waals surface area contributed by atoms with Gasteiger partial charge in [0.05, 0.1) is 0 Å². The summed E-state index contributed by atoms with van der Waals surface area (Å²) < 4.78 is 0. The highest BCUT2D eigenvalue weighted by molar-refractivity contribution is 14.0. The van der Waals surface area contributed by atoms with Crippen LogP contribution in [0.25, 0.3) is 0 Å². The maximum absolute atomic E-state index is 4.37. The Morgan fingerprint density at radius 2 is 1.96 bits per heavy atom. The second kappa shape index (κ2) is 12.4. The molecular formula is C19H34IN5. The smallest absolute Gasteiger partial charge is 0.191 e. The third kappa shape index (κ3) is 7.40. The van der Waals surface area contributed by atoms with E-state index < -0.39 is 0 Å². The first-order chi connectivity index (χ1) is 11.8. The van der Waals surface area contributed by atoms with Gasteiger partial charge in [0.1, 0.15) is 0 Å². The van der Waals surface area contributed by atoms with E-state index in [4.69, 9.17) is 0 Å². The minimum absolute atomic E-state index is 0. The van der Waals surface area contributed by atoms with Crippen molar-refractivity contribution in [3.05, 3.63) is 30.3 Å². The maximum Gasteiger partial charge on any atom is 0.191 e. The minimum Gasteiger partial charge on any atom is -0.369 e. The Balaban J connectivity index is 0.00000312. The number of hydrogen-bond donors (Lipinski definition) is 2. The lowest BCUT2D eigenvalue weighted by atomic mass is 10.2. The van der Waals surface area contributed by atoms with E-state index in [2.05, 4.69) is 69.6 Å². The molecule has 5 nitrogen and oxygen atoms in total. The van der Waals surface area contributed by atoms with Crippen molar-refractivity contribution in [1.82, 2.24) is 15.5 Å². The predicted octanol–water partition coefficient (Wildman–Crippen LogP) is 2.78. The van der Waals surface area contributed by atoms with Gasteiger partial charge in [-0.3, -0.25) is 4.99 Å². The molecule has 0 bridgehead atoms. The third-order valence-corrected chi connectivity index (χ3v) is 4.71. The molecule has 1 fully saturated rings. The minimum atomic E-state index is 0. The molecule has 0 amide bonds. The molecule has 1 atom stereocenters. The Morgan fingerprint density at radius 1 is 1.24 bits per heavy atom. The van der Waals surface area contributed by atoms with Crippen LogP contribution in [0.5, 0.6) is 0 Å². The lowest BCUT2D eigenvalue weighted by molar-refractivity contribution is 0.300. The summed E-state index contributed by atoms with van der Waals surface area (Å²) in [6.07, 6.45) is 2.29. The molecule has 0 spiro atoms. The van der Waals surface area contributed by atoms with Crippen LogP contribution in [0.4, 0.5) is 5.69 Å². The van der Waals surface area contributed by atoms with E-state index >= 15 is 0 Å². The van der Waals surface area contributed by atoms with Crippen LogP contribution in [0, 0.1) is 0 Å². The van der Waals surface area contributed by atoms with Gasteiger partial charge in [-0.05, 0) is 44.6 Å². The SMILES string of the molecule is CCN(CC)CCCNC(=NC)NC1CCN(c2ccccc2)C1.I. The average molecular weight is 459 g/mol. The van der Waals surface area contributed by atoms with Crippen LogP contribution in [-0.4, -0.2) is 63.2 Å². The van der Waals surface area contributed by atoms with E-state index in [1.165, 1.54) is 5.69 Å². The van der Waals surface area contributed by atoms with Gasteiger partial charge in [0, 0.05) is 38.4 Å². The van der Waals surface area contributed by atoms with Crippen LogP contribution in [-0.2, 0) is 0 Å². The fraction of sp³-hybridized carbons (Fsp3) is 0.632. The van der Waals surface area contributed by atoms with Crippen molar-refractivity contribution in [3.63, 3.8) is 0 Å². The van der Waals surface area contributed by atoms with Crippen LogP contribution in [0.15, 0.2) is 35.3 Å². The molecule has 25 heavy (non-hydrogen) atoms. The molecule has 1 heterocycles. The quantitative estimate of drug-likeness (QED) is 0.272. The number of guanidine groups is 1. The van der Waals surface area contributed by atoms with E-state index in [1.54, 1.807) is 0 Å². The lowest BCUT2D eigenvalue weighted by Crippen LogP contribution is -2.45. The van der Waals surface area contributed by atoms with Crippen molar-refractivity contribution >= 4 is 35.6 Å². The number of nitrogens with one attached hydrogen (secondary N) is 2. The molecule has 6 heteroatoms. The first-order valence-corrected chi connectivity index (χ1v) is 9.26. The summed E-state index contributed by atoms with van der Waals surface area (Å²) >= 11 is 0. The molecule has 0 radical (unpaired) electrons. The molecule has 142 valence electrons. The summed E-state index contributed by atoms with van der Waals surface area (Å²) in [5.74, 6) is 0.925. The normalized spacial score (nSPS) is 17.5. The average Bonchev–Trinajstić information content (AvgIpc) is 3.10. The summed E-state index contributed by atoms with van der Waals surface area (Å²) in [6, 6.07) is 11.1. The summed E-state index contributed by atoms with van der Waals surface area (Å²) in [7, 11) is 1.85. The van der Waals surface area contributed by atoms with Gasteiger partial charge >= 0.3 is 0 Å². The van der Waals surface area contributed by atoms with E-state index in [1.807, 2.05) is 7.05 Å². The van der Waals surface area contributed by atoms with E-state index in [0.717, 1.165) is 58.1 Å². The Morgan fingerprint density at radius 3 is 2.60 bits per heavy atom. The number of rotatable bonds is 8. The molecule has 1 aliphatic rings. The number of hydrogen-bond acceptors (Lipinski definition) is 3. The monoisotopic (exact) mass is 459 g/mol. The molecule has 1 aromatic carbocycles. The zero-order valence-corrected chi connectivity index (χ0v) is 18.2. The number of aliphatic imine (C=N–C) groups is 1. The summed E-state index contributed by atoms with van der Waals surface area (Å²) in [5.41, 5.74) is 1.31. The fourth-order valence-corrected chi connectivity index (χ4v) is 3.19. The van der Waals surface area contributed by atoms with Crippen LogP contribution in [0.2, 0.25) is 0 Å². The first-order valence-electron chi connectivity index (χ1n) is 9.26. The number of nitrogens with zero attached hydrogens (tertiary/aromatic N) is 3. The van der Waals surface area contributed by atoms with E-state index in [9.17, 15) is 0 Å². The van der Waals surface area contributed by atoms with Crippen molar-refractivity contribution in [1.29, 1.82) is 0 Å². The molecule has 1 unspecified atom stereocenters. The van der Waals surface area contributed by atoms with Crippen LogP contribution < -0.4 is 15.5 Å². The van der Waals surface area contributed by atoms with Gasteiger partial charge in [-0.1, -0.05) is 32.0 Å². The molecule has 1 aliphatic heterocycles. The van der Waals surface area contributed by atoms with Gasteiger partial charge in [0.15, 0.2) is 5.96 Å². The van der Waals surface area contributed by atoms with Gasteiger partial charge in [0.25, 0.3) is 0 Å². The second-order valence-corrected chi connectivity index (χ2v) is 6.29. The molecule has 0 aliphatic carbocycles. The number of benzene rings is 1. The second-order valence-electron chi connectivity index (χ2n) is 6.29. The highest BCUT2D eigenvalue weighted by Gasteiger charge is 2.23. The standard InChI is InChI=1S/C19H33N5.HI/c1-4-23(5-2)14-9-13-21-19(20-3)22-17-12-15-24(16-17)18-10-7-6-8-11-18;/h6-8,10-11,17H,4-5,9,12-16H2,1-3H3,(H2,20,21,22);1H. The summed E-state index contributed by atoms with van der Waals surface area (Å²) in [4.78, 5) is 9.26. The van der Waals surface area contributed by atoms with Crippen molar-refractivity contribution in [2.24, 2.45) is 4.99 Å². The van der Waals surface area contributed by atoms with E-state index in [0.29, 0.717) is 6.04 Å². The first kappa shape index (κ1) is 22.0. The molecule has 0 aromatic heterocycles. The van der Waals surface area contributed by atoms with Gasteiger partial charge < -0.3 is 20.4 Å². The molecule has 0 saturated carbocycles. The van der Waals surface area contributed by atoms with Crippen LogP contribution >= 0.6 is 24.0 Å². The fourth-order valence-electron chi connectivity index (χ4n) is 3.19. The van der Waals surface area contributed by atoms with Gasteiger partial charge in [0.2, 0.25) is 0 Å². The number of anilines is 1. The molecule has 2 N–H and O–H groups in total. The number of para-hydroxylation sites is 1. The van der Waals surface area contributed by atoms with E-state index in [-0.39, 0.29) is 24.0 Å². The van der Waals surface area contributed by atoms with Crippen LogP contribution in [0.1, 0.15) is 26.7 Å². The largest absolute Gasteiger partial charge is 0.369 e. The Kier molecular flexibility index (Phi) is 10.9. The van der Waals surface area contributed by atoms with Crippen molar-refractivity contribution < 1.29 is 0 Å². The molecule has 2 rings (SSSR count). The summed E-state index contributed by atoms with van der Waals surface area (Å²) in [5, 5.41) is 7.01. The lowest BCUT2D eigenvalue weighted by Gasteiger charge is -2.21. The molecule has 1 aromatic rings. The Bertz CT molecular complexity index is 490. The zero-order valence-electron chi connectivity index (χ0n) is 15.9. The molecular weight excluding hydrogens is 425 g/mol. The van der Waals surface area contributed by atoms with Gasteiger partial charge in [-0.2, -0.15) is 0 Å². The Labute approximate surface area is 170 Å². The third-order valence-electron chi connectivity index (χ3n) is 4.71. The summed E-state index contributed by atoms with van der Waals surface area (Å²) in [6.45, 7) is 10.9. The highest BCUT2D eigenvalue weighted by atomic mass is 127. The maximum atomic E-state index is 4.37. The predicted molar refractivity (Wildman–Crippen MR) is 119 cm³/mol.